The van der Waals surface area contributed by atoms with Gasteiger partial charge < -0.3 is 18.9 Å². The molecule has 0 amide bonds. The number of rotatable bonds is 0. The second-order valence-electron chi connectivity index (χ2n) is 6.73. The molecule has 2 bridgehead atoms. The first-order valence-corrected chi connectivity index (χ1v) is 8.76. The summed E-state index contributed by atoms with van der Waals surface area (Å²) in [7, 11) is 0. The van der Waals surface area contributed by atoms with Gasteiger partial charge >= 0.3 is 5.97 Å². The quantitative estimate of drug-likeness (QED) is 0.635. The largest absolute Gasteiger partial charge is 0.466 e. The van der Waals surface area contributed by atoms with Crippen molar-refractivity contribution in [1.82, 2.24) is 0 Å². The molecule has 3 heterocycles. The topological polar surface area (TPSA) is 71.1 Å². The van der Waals surface area contributed by atoms with E-state index >= 15 is 0 Å². The molecule has 3 rings (SSSR count). The number of cyclic esters (lactones) is 1. The third kappa shape index (κ3) is 4.75. The average molecular weight is 326 g/mol. The summed E-state index contributed by atoms with van der Waals surface area (Å²) < 4.78 is 22.8. The first-order chi connectivity index (χ1) is 11.2. The fourth-order valence-corrected chi connectivity index (χ4v) is 3.68. The maximum absolute atomic E-state index is 12.2. The molecular formula is C17H26O6. The smallest absolute Gasteiger partial charge is 0.308 e. The molecule has 6 heteroatoms. The van der Waals surface area contributed by atoms with Gasteiger partial charge in [0.05, 0.1) is 38.4 Å². The van der Waals surface area contributed by atoms with Crippen LogP contribution in [-0.2, 0) is 28.5 Å². The lowest BCUT2D eigenvalue weighted by molar-refractivity contribution is -0.242. The third-order valence-corrected chi connectivity index (χ3v) is 4.74. The number of ether oxygens (including phenoxy) is 4. The van der Waals surface area contributed by atoms with Gasteiger partial charge in [-0.15, -0.1) is 0 Å². The van der Waals surface area contributed by atoms with Gasteiger partial charge in [-0.25, -0.2) is 0 Å². The zero-order valence-corrected chi connectivity index (χ0v) is 13.6. The number of hydrogen-bond acceptors (Lipinski definition) is 6. The third-order valence-electron chi connectivity index (χ3n) is 4.74. The van der Waals surface area contributed by atoms with E-state index in [2.05, 4.69) is 0 Å². The summed E-state index contributed by atoms with van der Waals surface area (Å²) in [6.45, 7) is 1.55. The number of carbonyl (C=O) groups is 2. The number of hydrogen-bond donors (Lipinski definition) is 0. The van der Waals surface area contributed by atoms with E-state index in [9.17, 15) is 9.59 Å². The summed E-state index contributed by atoms with van der Waals surface area (Å²) in [5.74, 6) is -0.707. The molecule has 3 saturated heterocycles. The fourth-order valence-electron chi connectivity index (χ4n) is 3.68. The number of Topliss-reactive ketones (excluding diaryl/α,β-unsaturated/α-hetero) is 1. The number of fused-ring (bicyclic) bond motifs is 2. The highest BCUT2D eigenvalue weighted by molar-refractivity contribution is 5.78. The van der Waals surface area contributed by atoms with E-state index in [1.54, 1.807) is 0 Å². The lowest BCUT2D eigenvalue weighted by Gasteiger charge is -2.40. The van der Waals surface area contributed by atoms with Crippen LogP contribution in [-0.4, -0.2) is 49.6 Å². The number of esters is 1. The van der Waals surface area contributed by atoms with Crippen molar-refractivity contribution in [2.75, 3.05) is 19.8 Å². The molecule has 3 aliphatic heterocycles. The van der Waals surface area contributed by atoms with Gasteiger partial charge in [0, 0.05) is 25.7 Å². The van der Waals surface area contributed by atoms with Crippen molar-refractivity contribution in [3.63, 3.8) is 0 Å². The molecule has 3 fully saturated rings. The summed E-state index contributed by atoms with van der Waals surface area (Å²) in [6, 6.07) is 0. The van der Waals surface area contributed by atoms with Crippen LogP contribution < -0.4 is 0 Å². The van der Waals surface area contributed by atoms with Crippen molar-refractivity contribution in [2.45, 2.75) is 75.8 Å². The van der Waals surface area contributed by atoms with Crippen molar-refractivity contribution >= 4 is 11.8 Å². The van der Waals surface area contributed by atoms with Crippen molar-refractivity contribution in [3.8, 4) is 0 Å². The van der Waals surface area contributed by atoms with Crippen LogP contribution in [0.3, 0.4) is 0 Å². The van der Waals surface area contributed by atoms with E-state index in [-0.39, 0.29) is 30.4 Å². The van der Waals surface area contributed by atoms with Crippen LogP contribution in [0.1, 0.15) is 57.8 Å². The van der Waals surface area contributed by atoms with Crippen molar-refractivity contribution < 1.29 is 28.5 Å². The van der Waals surface area contributed by atoms with E-state index < -0.39 is 5.79 Å². The summed E-state index contributed by atoms with van der Waals surface area (Å²) in [5.41, 5.74) is 0. The Bertz CT molecular complexity index is 397. The molecule has 3 aliphatic rings. The minimum absolute atomic E-state index is 0.194. The zero-order chi connectivity index (χ0) is 16.1. The minimum Gasteiger partial charge on any atom is -0.466 e. The van der Waals surface area contributed by atoms with Crippen LogP contribution in [0.4, 0.5) is 0 Å². The SMILES string of the molecule is O=C1CCCCCCOC(=O)C[C@H]2CC3(C[C@@H](C1)O2)OCCO3. The standard InChI is InChI=1S/C17H26O6/c18-13-5-3-1-2-4-6-20-16(19)10-15-12-17(21-7-8-22-17)11-14(9-13)23-15/h14-15H,1-12H2/t14-,15+/m1/s1. The maximum Gasteiger partial charge on any atom is 0.308 e. The molecule has 0 saturated carbocycles. The number of carbonyl (C=O) groups excluding carboxylic acids is 2. The predicted molar refractivity (Wildman–Crippen MR) is 80.8 cm³/mol. The van der Waals surface area contributed by atoms with Gasteiger partial charge in [-0.1, -0.05) is 12.8 Å². The molecule has 23 heavy (non-hydrogen) atoms. The van der Waals surface area contributed by atoms with E-state index in [4.69, 9.17) is 18.9 Å². The Morgan fingerprint density at radius 3 is 2.30 bits per heavy atom. The normalized spacial score (nSPS) is 33.2. The summed E-state index contributed by atoms with van der Waals surface area (Å²) in [5, 5.41) is 0. The minimum atomic E-state index is -0.689. The molecule has 0 N–H and O–H groups in total. The van der Waals surface area contributed by atoms with Crippen LogP contribution >= 0.6 is 0 Å². The van der Waals surface area contributed by atoms with Gasteiger partial charge in [0.1, 0.15) is 5.78 Å². The number of ketones is 1. The molecular weight excluding hydrogens is 300 g/mol. The average Bonchev–Trinajstić information content (AvgIpc) is 2.92. The van der Waals surface area contributed by atoms with E-state index in [1.807, 2.05) is 0 Å². The molecule has 0 aliphatic carbocycles. The molecule has 0 aromatic heterocycles. The lowest BCUT2D eigenvalue weighted by atomic mass is 9.92. The molecule has 6 nitrogen and oxygen atoms in total. The van der Waals surface area contributed by atoms with Gasteiger partial charge in [-0.2, -0.15) is 0 Å². The van der Waals surface area contributed by atoms with Gasteiger partial charge in [0.15, 0.2) is 5.79 Å². The Labute approximate surface area is 136 Å². The van der Waals surface area contributed by atoms with Crippen molar-refractivity contribution in [3.05, 3.63) is 0 Å². The molecule has 0 aromatic carbocycles. The van der Waals surface area contributed by atoms with E-state index in [0.717, 1.165) is 25.7 Å². The Balaban J connectivity index is 1.68. The van der Waals surface area contributed by atoms with Crippen LogP contribution in [0.25, 0.3) is 0 Å². The highest BCUT2D eigenvalue weighted by Gasteiger charge is 2.46. The van der Waals surface area contributed by atoms with E-state index in [0.29, 0.717) is 45.5 Å². The summed E-state index contributed by atoms with van der Waals surface area (Å²) in [4.78, 5) is 24.1. The Kier molecular flexibility index (Phi) is 5.67. The first-order valence-electron chi connectivity index (χ1n) is 8.76. The monoisotopic (exact) mass is 326 g/mol. The van der Waals surface area contributed by atoms with Gasteiger partial charge in [-0.3, -0.25) is 9.59 Å². The Morgan fingerprint density at radius 1 is 0.826 bits per heavy atom. The summed E-state index contributed by atoms with van der Waals surface area (Å²) in [6.07, 6.45) is 5.42. The van der Waals surface area contributed by atoms with Gasteiger partial charge in [0.2, 0.25) is 0 Å². The highest BCUT2D eigenvalue weighted by atomic mass is 16.7. The predicted octanol–water partition coefficient (Wildman–Crippen LogP) is 2.13. The molecule has 130 valence electrons. The van der Waals surface area contributed by atoms with Gasteiger partial charge in [0.25, 0.3) is 0 Å². The second-order valence-corrected chi connectivity index (χ2v) is 6.73. The Morgan fingerprint density at radius 2 is 1.52 bits per heavy atom. The molecule has 0 radical (unpaired) electrons. The zero-order valence-electron chi connectivity index (χ0n) is 13.6. The van der Waals surface area contributed by atoms with Crippen molar-refractivity contribution in [1.29, 1.82) is 0 Å². The Hall–Kier alpha value is -0.980. The maximum atomic E-state index is 12.2. The lowest BCUT2D eigenvalue weighted by Crippen LogP contribution is -2.47. The van der Waals surface area contributed by atoms with E-state index in [1.165, 1.54) is 0 Å². The van der Waals surface area contributed by atoms with Crippen LogP contribution in [0.5, 0.6) is 0 Å². The molecule has 0 unspecified atom stereocenters. The molecule has 0 aromatic rings. The molecule has 2 atom stereocenters. The second kappa shape index (κ2) is 7.73. The first kappa shape index (κ1) is 16.9. The fraction of sp³-hybridized carbons (Fsp3) is 0.882. The highest BCUT2D eigenvalue weighted by Crippen LogP contribution is 2.38. The van der Waals surface area contributed by atoms with Crippen LogP contribution in [0.15, 0.2) is 0 Å². The van der Waals surface area contributed by atoms with Crippen LogP contribution in [0.2, 0.25) is 0 Å². The summed E-state index contributed by atoms with van der Waals surface area (Å²) >= 11 is 0. The van der Waals surface area contributed by atoms with Crippen LogP contribution in [0, 0.1) is 0 Å². The van der Waals surface area contributed by atoms with Gasteiger partial charge in [-0.05, 0) is 12.8 Å². The van der Waals surface area contributed by atoms with Crippen molar-refractivity contribution in [2.24, 2.45) is 0 Å². The molecule has 1 spiro atoms.